The standard InChI is InChI=1S/C20H18N4O/c25-20(23-17-7-3-10-21-13-17)18-8-4-11-22-19(18)24-12-9-15-5-1-2-6-16(15)14-24/h1-8,10-11,13H,9,12,14H2,(H,23,25). The number of nitrogens with one attached hydrogen (secondary N) is 1. The van der Waals surface area contributed by atoms with E-state index in [1.165, 1.54) is 11.1 Å². The van der Waals surface area contributed by atoms with E-state index in [9.17, 15) is 4.79 Å². The molecule has 0 aliphatic carbocycles. The Hall–Kier alpha value is -3.21. The van der Waals surface area contributed by atoms with Gasteiger partial charge in [-0.2, -0.15) is 0 Å². The summed E-state index contributed by atoms with van der Waals surface area (Å²) in [6.07, 6.45) is 5.99. The molecule has 1 aromatic carbocycles. The summed E-state index contributed by atoms with van der Waals surface area (Å²) in [4.78, 5) is 23.4. The van der Waals surface area contributed by atoms with E-state index in [-0.39, 0.29) is 5.91 Å². The number of carbonyl (C=O) groups excluding carboxylic acids is 1. The summed E-state index contributed by atoms with van der Waals surface area (Å²) in [5, 5.41) is 2.89. The van der Waals surface area contributed by atoms with Crippen LogP contribution in [0.2, 0.25) is 0 Å². The van der Waals surface area contributed by atoms with Gasteiger partial charge in [-0.1, -0.05) is 24.3 Å². The van der Waals surface area contributed by atoms with Crippen LogP contribution in [0.3, 0.4) is 0 Å². The molecule has 2 aromatic heterocycles. The molecule has 0 bridgehead atoms. The number of aromatic nitrogens is 2. The van der Waals surface area contributed by atoms with Crippen molar-refractivity contribution >= 4 is 17.4 Å². The zero-order valence-electron chi connectivity index (χ0n) is 13.7. The van der Waals surface area contributed by atoms with Crippen molar-refractivity contribution in [1.82, 2.24) is 9.97 Å². The minimum absolute atomic E-state index is 0.171. The second-order valence-electron chi connectivity index (χ2n) is 6.01. The van der Waals surface area contributed by atoms with E-state index < -0.39 is 0 Å². The van der Waals surface area contributed by atoms with Crippen molar-refractivity contribution in [2.45, 2.75) is 13.0 Å². The van der Waals surface area contributed by atoms with Gasteiger partial charge in [0.25, 0.3) is 5.91 Å². The van der Waals surface area contributed by atoms with Crippen molar-refractivity contribution in [1.29, 1.82) is 0 Å². The van der Waals surface area contributed by atoms with Gasteiger partial charge in [0, 0.05) is 25.5 Å². The van der Waals surface area contributed by atoms with Crippen LogP contribution in [0.25, 0.3) is 0 Å². The third-order valence-corrected chi connectivity index (χ3v) is 4.38. The lowest BCUT2D eigenvalue weighted by Crippen LogP contribution is -2.32. The smallest absolute Gasteiger partial charge is 0.259 e. The number of benzene rings is 1. The van der Waals surface area contributed by atoms with Crippen LogP contribution in [0, 0.1) is 0 Å². The molecule has 0 saturated carbocycles. The molecule has 0 unspecified atom stereocenters. The Morgan fingerprint density at radius 3 is 2.68 bits per heavy atom. The Morgan fingerprint density at radius 2 is 1.84 bits per heavy atom. The van der Waals surface area contributed by atoms with Gasteiger partial charge in [0.1, 0.15) is 5.82 Å². The first kappa shape index (κ1) is 15.3. The lowest BCUT2D eigenvalue weighted by atomic mass is 9.99. The molecule has 0 radical (unpaired) electrons. The van der Waals surface area contributed by atoms with E-state index in [2.05, 4.69) is 44.5 Å². The number of rotatable bonds is 3. The van der Waals surface area contributed by atoms with Crippen LogP contribution < -0.4 is 10.2 Å². The van der Waals surface area contributed by atoms with E-state index in [1.54, 1.807) is 30.7 Å². The maximum absolute atomic E-state index is 12.7. The van der Waals surface area contributed by atoms with Gasteiger partial charge in [0.05, 0.1) is 17.4 Å². The number of fused-ring (bicyclic) bond motifs is 1. The van der Waals surface area contributed by atoms with Gasteiger partial charge in [-0.15, -0.1) is 0 Å². The molecule has 5 heteroatoms. The van der Waals surface area contributed by atoms with Gasteiger partial charge in [-0.3, -0.25) is 9.78 Å². The van der Waals surface area contributed by atoms with Crippen molar-refractivity contribution in [2.24, 2.45) is 0 Å². The summed E-state index contributed by atoms with van der Waals surface area (Å²) in [7, 11) is 0. The number of hydrogen-bond donors (Lipinski definition) is 1. The number of amides is 1. The van der Waals surface area contributed by atoms with Crippen LogP contribution in [0.1, 0.15) is 21.5 Å². The van der Waals surface area contributed by atoms with Crippen molar-refractivity contribution in [2.75, 3.05) is 16.8 Å². The fraction of sp³-hybridized carbons (Fsp3) is 0.150. The second kappa shape index (κ2) is 6.73. The number of carbonyl (C=O) groups is 1. The molecule has 0 atom stereocenters. The second-order valence-corrected chi connectivity index (χ2v) is 6.01. The highest BCUT2D eigenvalue weighted by atomic mass is 16.1. The topological polar surface area (TPSA) is 58.1 Å². The third kappa shape index (κ3) is 3.21. The van der Waals surface area contributed by atoms with E-state index in [4.69, 9.17) is 0 Å². The quantitative estimate of drug-likeness (QED) is 0.800. The lowest BCUT2D eigenvalue weighted by molar-refractivity contribution is 0.102. The van der Waals surface area contributed by atoms with Gasteiger partial charge >= 0.3 is 0 Å². The Bertz CT molecular complexity index is 895. The first-order valence-electron chi connectivity index (χ1n) is 8.29. The van der Waals surface area contributed by atoms with Crippen LogP contribution in [0.4, 0.5) is 11.5 Å². The molecule has 0 saturated heterocycles. The third-order valence-electron chi connectivity index (χ3n) is 4.38. The number of anilines is 2. The number of nitrogens with zero attached hydrogens (tertiary/aromatic N) is 3. The van der Waals surface area contributed by atoms with Crippen LogP contribution in [0.15, 0.2) is 67.1 Å². The monoisotopic (exact) mass is 330 g/mol. The predicted octanol–water partition coefficient (Wildman–Crippen LogP) is 3.29. The fourth-order valence-corrected chi connectivity index (χ4v) is 3.14. The molecular formula is C20H18N4O. The SMILES string of the molecule is O=C(Nc1cccnc1)c1cccnc1N1CCc2ccccc2C1. The molecule has 3 aromatic rings. The Kier molecular flexibility index (Phi) is 4.12. The normalized spacial score (nSPS) is 13.2. The highest BCUT2D eigenvalue weighted by Gasteiger charge is 2.22. The molecule has 124 valence electrons. The maximum Gasteiger partial charge on any atom is 0.259 e. The zero-order valence-corrected chi connectivity index (χ0v) is 13.7. The number of hydrogen-bond acceptors (Lipinski definition) is 4. The van der Waals surface area contributed by atoms with Gasteiger partial charge in [0.2, 0.25) is 0 Å². The zero-order chi connectivity index (χ0) is 17.1. The van der Waals surface area contributed by atoms with Crippen molar-refractivity contribution in [3.63, 3.8) is 0 Å². The Labute approximate surface area is 146 Å². The van der Waals surface area contributed by atoms with Gasteiger partial charge in [-0.25, -0.2) is 4.98 Å². The molecule has 1 amide bonds. The van der Waals surface area contributed by atoms with Gasteiger partial charge in [-0.05, 0) is 41.8 Å². The summed E-state index contributed by atoms with van der Waals surface area (Å²) in [6, 6.07) is 15.6. The molecule has 0 spiro atoms. The summed E-state index contributed by atoms with van der Waals surface area (Å²) >= 11 is 0. The Balaban J connectivity index is 1.60. The molecule has 25 heavy (non-hydrogen) atoms. The van der Waals surface area contributed by atoms with Gasteiger partial charge in [0.15, 0.2) is 0 Å². The van der Waals surface area contributed by atoms with E-state index >= 15 is 0 Å². The molecular weight excluding hydrogens is 312 g/mol. The molecule has 4 rings (SSSR count). The summed E-state index contributed by atoms with van der Waals surface area (Å²) in [6.45, 7) is 1.61. The molecule has 1 aliphatic heterocycles. The van der Waals surface area contributed by atoms with Crippen LogP contribution in [-0.2, 0) is 13.0 Å². The highest BCUT2D eigenvalue weighted by Crippen LogP contribution is 2.26. The first-order valence-corrected chi connectivity index (χ1v) is 8.29. The molecule has 1 N–H and O–H groups in total. The largest absolute Gasteiger partial charge is 0.351 e. The lowest BCUT2D eigenvalue weighted by Gasteiger charge is -2.30. The molecule has 1 aliphatic rings. The van der Waals surface area contributed by atoms with E-state index in [0.717, 1.165) is 25.3 Å². The number of pyridine rings is 2. The summed E-state index contributed by atoms with van der Waals surface area (Å²) in [5.41, 5.74) is 3.91. The first-order chi connectivity index (χ1) is 12.3. The van der Waals surface area contributed by atoms with Crippen molar-refractivity contribution in [3.8, 4) is 0 Å². The fourth-order valence-electron chi connectivity index (χ4n) is 3.14. The minimum Gasteiger partial charge on any atom is -0.351 e. The average Bonchev–Trinajstić information content (AvgIpc) is 2.68. The Morgan fingerprint density at radius 1 is 1.00 bits per heavy atom. The summed E-state index contributed by atoms with van der Waals surface area (Å²) in [5.74, 6) is 0.549. The molecule has 3 heterocycles. The highest BCUT2D eigenvalue weighted by molar-refractivity contribution is 6.07. The van der Waals surface area contributed by atoms with E-state index in [0.29, 0.717) is 11.3 Å². The van der Waals surface area contributed by atoms with Crippen LogP contribution in [0.5, 0.6) is 0 Å². The van der Waals surface area contributed by atoms with Crippen molar-refractivity contribution in [3.05, 3.63) is 83.8 Å². The van der Waals surface area contributed by atoms with Crippen molar-refractivity contribution < 1.29 is 4.79 Å². The molecule has 0 fully saturated rings. The van der Waals surface area contributed by atoms with Crippen LogP contribution in [-0.4, -0.2) is 22.4 Å². The predicted molar refractivity (Wildman–Crippen MR) is 97.6 cm³/mol. The molecule has 5 nitrogen and oxygen atoms in total. The average molecular weight is 330 g/mol. The van der Waals surface area contributed by atoms with Gasteiger partial charge < -0.3 is 10.2 Å². The van der Waals surface area contributed by atoms with Crippen LogP contribution >= 0.6 is 0 Å². The maximum atomic E-state index is 12.7. The minimum atomic E-state index is -0.171. The van der Waals surface area contributed by atoms with E-state index in [1.807, 2.05) is 12.1 Å². The summed E-state index contributed by atoms with van der Waals surface area (Å²) < 4.78 is 0.